The lowest BCUT2D eigenvalue weighted by atomic mass is 9.90. The van der Waals surface area contributed by atoms with Crippen LogP contribution in [0.5, 0.6) is 0 Å². The van der Waals surface area contributed by atoms with Crippen LogP contribution in [-0.2, 0) is 4.74 Å². The van der Waals surface area contributed by atoms with E-state index in [1.807, 2.05) is 0 Å². The van der Waals surface area contributed by atoms with E-state index in [1.54, 1.807) is 7.11 Å². The van der Waals surface area contributed by atoms with Gasteiger partial charge in [0.15, 0.2) is 0 Å². The summed E-state index contributed by atoms with van der Waals surface area (Å²) in [6, 6.07) is 0.807. The van der Waals surface area contributed by atoms with Crippen molar-refractivity contribution in [1.29, 1.82) is 0 Å². The minimum Gasteiger partial charge on any atom is -0.383 e. The molecule has 0 bridgehead atoms. The van der Waals surface area contributed by atoms with Crippen LogP contribution in [0.3, 0.4) is 0 Å². The van der Waals surface area contributed by atoms with Crippen molar-refractivity contribution in [1.82, 2.24) is 9.80 Å². The average Bonchev–Trinajstić information content (AvgIpc) is 2.54. The lowest BCUT2D eigenvalue weighted by Gasteiger charge is -2.48. The van der Waals surface area contributed by atoms with E-state index in [2.05, 4.69) is 16.7 Å². The maximum atomic E-state index is 6.08. The van der Waals surface area contributed by atoms with E-state index in [9.17, 15) is 0 Å². The molecule has 4 nitrogen and oxygen atoms in total. The molecule has 1 unspecified atom stereocenters. The summed E-state index contributed by atoms with van der Waals surface area (Å²) in [5.74, 6) is 0. The van der Waals surface area contributed by atoms with Crippen LogP contribution in [0.1, 0.15) is 45.4 Å². The zero-order valence-corrected chi connectivity index (χ0v) is 13.4. The summed E-state index contributed by atoms with van der Waals surface area (Å²) in [6.45, 7) is 8.69. The molecular weight excluding hydrogens is 250 g/mol. The maximum Gasteiger partial charge on any atom is 0.0658 e. The molecule has 2 saturated heterocycles. The lowest BCUT2D eigenvalue weighted by Crippen LogP contribution is -2.60. The molecular formula is C16H33N3O. The second kappa shape index (κ2) is 7.74. The van der Waals surface area contributed by atoms with Gasteiger partial charge < -0.3 is 15.4 Å². The number of methoxy groups -OCH3 is 1. The van der Waals surface area contributed by atoms with Crippen LogP contribution in [0.25, 0.3) is 0 Å². The van der Waals surface area contributed by atoms with Gasteiger partial charge in [0.05, 0.1) is 12.1 Å². The molecule has 0 aromatic heterocycles. The molecule has 1 atom stereocenters. The number of nitrogens with two attached hydrogens (primary N) is 1. The van der Waals surface area contributed by atoms with Crippen molar-refractivity contribution < 1.29 is 4.74 Å². The monoisotopic (exact) mass is 283 g/mol. The first-order valence-electron chi connectivity index (χ1n) is 8.44. The highest BCUT2D eigenvalue weighted by Gasteiger charge is 2.37. The normalized spacial score (nSPS) is 26.6. The van der Waals surface area contributed by atoms with E-state index in [-0.39, 0.29) is 5.54 Å². The van der Waals surface area contributed by atoms with E-state index in [4.69, 9.17) is 10.5 Å². The Bertz CT molecular complexity index is 267. The van der Waals surface area contributed by atoms with E-state index in [0.29, 0.717) is 6.54 Å². The zero-order valence-electron chi connectivity index (χ0n) is 13.4. The molecule has 20 heavy (non-hydrogen) atoms. The average molecular weight is 283 g/mol. The Morgan fingerprint density at radius 1 is 1.10 bits per heavy atom. The first-order chi connectivity index (χ1) is 9.75. The summed E-state index contributed by atoms with van der Waals surface area (Å²) in [5.41, 5.74) is 6.14. The van der Waals surface area contributed by atoms with Crippen molar-refractivity contribution in [2.24, 2.45) is 5.73 Å². The first kappa shape index (κ1) is 16.2. The van der Waals surface area contributed by atoms with Crippen LogP contribution in [0.4, 0.5) is 0 Å². The molecule has 2 aliphatic rings. The van der Waals surface area contributed by atoms with Gasteiger partial charge >= 0.3 is 0 Å². The second-order valence-corrected chi connectivity index (χ2v) is 6.53. The van der Waals surface area contributed by atoms with Crippen molar-refractivity contribution in [3.05, 3.63) is 0 Å². The highest BCUT2D eigenvalue weighted by atomic mass is 16.5. The number of piperidine rings is 2. The predicted octanol–water partition coefficient (Wildman–Crippen LogP) is 1.69. The Morgan fingerprint density at radius 3 is 2.25 bits per heavy atom. The molecule has 2 aliphatic heterocycles. The van der Waals surface area contributed by atoms with E-state index in [1.165, 1.54) is 58.3 Å². The van der Waals surface area contributed by atoms with Crippen LogP contribution < -0.4 is 5.73 Å². The smallest absolute Gasteiger partial charge is 0.0658 e. The van der Waals surface area contributed by atoms with Gasteiger partial charge in [0.2, 0.25) is 0 Å². The van der Waals surface area contributed by atoms with Crippen molar-refractivity contribution in [2.75, 3.05) is 46.4 Å². The molecule has 0 radical (unpaired) electrons. The van der Waals surface area contributed by atoms with Gasteiger partial charge in [-0.25, -0.2) is 0 Å². The van der Waals surface area contributed by atoms with Crippen LogP contribution in [-0.4, -0.2) is 67.8 Å². The van der Waals surface area contributed by atoms with Gasteiger partial charge in [0.1, 0.15) is 0 Å². The van der Waals surface area contributed by atoms with E-state index in [0.717, 1.165) is 19.1 Å². The van der Waals surface area contributed by atoms with Crippen LogP contribution in [0.2, 0.25) is 0 Å². The quantitative estimate of drug-likeness (QED) is 0.805. The SMILES string of the molecule is CCC(CN)(COC)N1CCC(N2CCCCC2)CC1. The third-order valence-corrected chi connectivity index (χ3v) is 5.49. The Labute approximate surface area is 124 Å². The fourth-order valence-electron chi connectivity index (χ4n) is 4.01. The highest BCUT2D eigenvalue weighted by molar-refractivity contribution is 4.94. The molecule has 0 aromatic carbocycles. The van der Waals surface area contributed by atoms with Gasteiger partial charge in [-0.15, -0.1) is 0 Å². The summed E-state index contributed by atoms with van der Waals surface area (Å²) in [4.78, 5) is 5.32. The lowest BCUT2D eigenvalue weighted by molar-refractivity contribution is -0.0174. The van der Waals surface area contributed by atoms with Crippen molar-refractivity contribution >= 4 is 0 Å². The van der Waals surface area contributed by atoms with Crippen molar-refractivity contribution in [2.45, 2.75) is 57.0 Å². The number of hydrogen-bond acceptors (Lipinski definition) is 4. The minimum absolute atomic E-state index is 0.0572. The Kier molecular flexibility index (Phi) is 6.27. The second-order valence-electron chi connectivity index (χ2n) is 6.53. The maximum absolute atomic E-state index is 6.08. The van der Waals surface area contributed by atoms with Crippen molar-refractivity contribution in [3.63, 3.8) is 0 Å². The van der Waals surface area contributed by atoms with Gasteiger partial charge in [-0.3, -0.25) is 4.90 Å². The number of nitrogens with zero attached hydrogens (tertiary/aromatic N) is 2. The Hall–Kier alpha value is -0.160. The van der Waals surface area contributed by atoms with Gasteiger partial charge in [-0.05, 0) is 45.2 Å². The first-order valence-corrected chi connectivity index (χ1v) is 8.44. The zero-order chi connectivity index (χ0) is 14.4. The fraction of sp³-hybridized carbons (Fsp3) is 1.00. The topological polar surface area (TPSA) is 41.7 Å². The molecule has 0 spiro atoms. The third-order valence-electron chi connectivity index (χ3n) is 5.49. The number of hydrogen-bond donors (Lipinski definition) is 1. The molecule has 0 amide bonds. The minimum atomic E-state index is 0.0572. The number of ether oxygens (including phenoxy) is 1. The predicted molar refractivity (Wildman–Crippen MR) is 84.0 cm³/mol. The van der Waals surface area contributed by atoms with E-state index < -0.39 is 0 Å². The molecule has 4 heteroatoms. The Balaban J connectivity index is 1.88. The van der Waals surface area contributed by atoms with Gasteiger partial charge in [-0.2, -0.15) is 0 Å². The molecule has 118 valence electrons. The molecule has 0 aromatic rings. The van der Waals surface area contributed by atoms with Gasteiger partial charge in [-0.1, -0.05) is 13.3 Å². The summed E-state index contributed by atoms with van der Waals surface area (Å²) < 4.78 is 5.45. The summed E-state index contributed by atoms with van der Waals surface area (Å²) in [6.07, 6.45) is 7.88. The molecule has 2 N–H and O–H groups in total. The Morgan fingerprint density at radius 2 is 1.75 bits per heavy atom. The van der Waals surface area contributed by atoms with Crippen LogP contribution in [0, 0.1) is 0 Å². The summed E-state index contributed by atoms with van der Waals surface area (Å²) in [5, 5.41) is 0. The number of likely N-dealkylation sites (tertiary alicyclic amines) is 2. The van der Waals surface area contributed by atoms with Crippen LogP contribution in [0.15, 0.2) is 0 Å². The number of rotatable bonds is 6. The molecule has 2 heterocycles. The largest absolute Gasteiger partial charge is 0.383 e. The summed E-state index contributed by atoms with van der Waals surface area (Å²) in [7, 11) is 1.79. The summed E-state index contributed by atoms with van der Waals surface area (Å²) >= 11 is 0. The van der Waals surface area contributed by atoms with Crippen LogP contribution >= 0.6 is 0 Å². The highest BCUT2D eigenvalue weighted by Crippen LogP contribution is 2.27. The van der Waals surface area contributed by atoms with Gasteiger partial charge in [0, 0.05) is 32.8 Å². The molecule has 2 fully saturated rings. The van der Waals surface area contributed by atoms with E-state index >= 15 is 0 Å². The third kappa shape index (κ3) is 3.53. The standard InChI is InChI=1S/C16H33N3O/c1-3-16(13-17,14-20-2)19-11-7-15(8-12-19)18-9-5-4-6-10-18/h15H,3-14,17H2,1-2H3. The molecule has 0 aliphatic carbocycles. The molecule has 2 rings (SSSR count). The van der Waals surface area contributed by atoms with Crippen molar-refractivity contribution in [3.8, 4) is 0 Å². The molecule has 0 saturated carbocycles. The fourth-order valence-corrected chi connectivity index (χ4v) is 4.01. The van der Waals surface area contributed by atoms with Gasteiger partial charge in [0.25, 0.3) is 0 Å².